The number of likely N-dealkylation sites (tertiary alicyclic amines) is 3. The molecule has 16 rings (SSSR count). The number of H-pyrrole nitrogens is 4. The van der Waals surface area contributed by atoms with Crippen LogP contribution in [0.5, 0.6) is 0 Å². The van der Waals surface area contributed by atoms with Gasteiger partial charge in [-0.05, 0) is 136 Å². The second-order valence-corrected chi connectivity index (χ2v) is 30.0. The summed E-state index contributed by atoms with van der Waals surface area (Å²) in [5.74, 6) is 2.23. The Hall–Kier alpha value is -12.5. The Morgan fingerprint density at radius 3 is 1.18 bits per heavy atom. The Morgan fingerprint density at radius 1 is 0.416 bits per heavy atom. The molecule has 4 fully saturated rings. The van der Waals surface area contributed by atoms with E-state index in [0.29, 0.717) is 25.6 Å². The fourth-order valence-electron chi connectivity index (χ4n) is 16.1. The third kappa shape index (κ3) is 17.5. The molecule has 0 bridgehead atoms. The number of aliphatic carboxylic acids is 1. The summed E-state index contributed by atoms with van der Waals surface area (Å²) in [6.45, 7) is 10.6. The fraction of sp³-hybridized carbons (Fsp3) is 0.311. The predicted molar refractivity (Wildman–Crippen MR) is 436 cm³/mol. The maximum atomic E-state index is 13.6. The highest BCUT2D eigenvalue weighted by atomic mass is 16.5. The zero-order valence-electron chi connectivity index (χ0n) is 64.5. The third-order valence-electron chi connectivity index (χ3n) is 22.0. The number of benzene rings is 8. The molecule has 0 unspecified atom stereocenters. The molecule has 580 valence electrons. The van der Waals surface area contributed by atoms with Gasteiger partial charge in [-0.1, -0.05) is 210 Å². The largest absolute Gasteiger partial charge is 0.481 e. The minimum Gasteiger partial charge on any atom is -0.481 e. The quantitative estimate of drug-likeness (QED) is 0.0352. The minimum absolute atomic E-state index is 0.0675. The molecule has 0 radical (unpaired) electrons. The number of aromatic nitrogens is 8. The second kappa shape index (κ2) is 35.2. The van der Waals surface area contributed by atoms with Crippen molar-refractivity contribution in [2.45, 2.75) is 128 Å². The van der Waals surface area contributed by atoms with Gasteiger partial charge in [0.2, 0.25) is 17.7 Å². The number of rotatable bonds is 20. The van der Waals surface area contributed by atoms with E-state index in [1.165, 1.54) is 37.0 Å². The van der Waals surface area contributed by atoms with Crippen LogP contribution in [0.15, 0.2) is 207 Å². The van der Waals surface area contributed by atoms with Gasteiger partial charge in [0.25, 0.3) is 0 Å². The molecule has 6 atom stereocenters. The number of alkyl carbamates (subject to hydrolysis) is 2. The number of hydrogen-bond acceptors (Lipinski definition) is 13. The van der Waals surface area contributed by atoms with E-state index in [2.05, 4.69) is 157 Å². The molecule has 4 aromatic heterocycles. The van der Waals surface area contributed by atoms with Crippen molar-refractivity contribution >= 4 is 57.4 Å². The first-order valence-corrected chi connectivity index (χ1v) is 39.1. The maximum absolute atomic E-state index is 13.6. The van der Waals surface area contributed by atoms with Crippen molar-refractivity contribution in [3.8, 4) is 67.3 Å². The Balaban J connectivity index is 0.000000168. The molecular formula is C90H96N14O9. The molecule has 23 heteroatoms. The number of hydrogen-bond donors (Lipinski definition) is 8. The molecule has 8 heterocycles. The van der Waals surface area contributed by atoms with Crippen LogP contribution in [0.25, 0.3) is 88.8 Å². The van der Waals surface area contributed by atoms with Crippen molar-refractivity contribution in [2.24, 2.45) is 11.8 Å². The molecule has 5 amide bonds. The summed E-state index contributed by atoms with van der Waals surface area (Å²) < 4.78 is 9.54. The standard InChI is InChI=1S/C45H47N7O4.C37H41N7O3.C8H8O2/c1-28(2)41(50-45(55)56-3)44(54)52-24-10-16-39(52)43-46-26-36(48-43)31-19-17-30(18-20-31)32-21-22-35(34-14-8-7-13-33(32)34)37-27-47-42(49-37)38-15-9-23-51(38)40(53)25-29-11-5-4-6-12-29;1-22(2)33(43-37(46)47-3)36(45)44-19-7-11-32(44)35-40-20-30(41-35)24-14-12-23(13-15-24)25-16-17-28(27-9-5-4-8-26(25)27)31-21-39-34(42-31)29-10-6-18-38-29;9-8(10)6-7-4-2-1-3-5-7/h4-8,11-14,17-22,26-28,38-39,41H,9-10,15-16,23-25H2,1-3H3,(H,46,48)(H,47,49)(H,50,55);4-5,8-9,12-17,20-22,29,32-33,38H,6-7,10-11,18-19H2,1-3H3,(H,39,42)(H,40,41)(H,43,46);1-5H,6H2,(H,9,10)/t38-,39-,41-;29-,32-,33-;/m00./s1. The van der Waals surface area contributed by atoms with E-state index in [1.807, 2.05) is 116 Å². The number of imidazole rings is 4. The highest BCUT2D eigenvalue weighted by Crippen LogP contribution is 2.41. The summed E-state index contributed by atoms with van der Waals surface area (Å²) in [4.78, 5) is 113. The lowest BCUT2D eigenvalue weighted by molar-refractivity contribution is -0.136. The predicted octanol–water partition coefficient (Wildman–Crippen LogP) is 16.3. The normalized spacial score (nSPS) is 17.2. The van der Waals surface area contributed by atoms with Gasteiger partial charge in [-0.25, -0.2) is 29.5 Å². The summed E-state index contributed by atoms with van der Waals surface area (Å²) in [5.41, 5.74) is 14.3. The number of fused-ring (bicyclic) bond motifs is 2. The van der Waals surface area contributed by atoms with E-state index in [9.17, 15) is 28.8 Å². The summed E-state index contributed by atoms with van der Waals surface area (Å²) in [7, 11) is 2.60. The maximum Gasteiger partial charge on any atom is 0.407 e. The summed E-state index contributed by atoms with van der Waals surface area (Å²) in [5, 5.41) is 21.9. The number of nitrogens with one attached hydrogen (secondary N) is 7. The molecule has 0 spiro atoms. The van der Waals surface area contributed by atoms with E-state index in [-0.39, 0.29) is 54.1 Å². The van der Waals surface area contributed by atoms with Crippen molar-refractivity contribution in [2.75, 3.05) is 40.4 Å². The van der Waals surface area contributed by atoms with Crippen LogP contribution in [0, 0.1) is 11.8 Å². The lowest BCUT2D eigenvalue weighted by atomic mass is 9.93. The Morgan fingerprint density at radius 2 is 0.770 bits per heavy atom. The average molecular weight is 1520 g/mol. The molecule has 4 aliphatic rings. The summed E-state index contributed by atoms with van der Waals surface area (Å²) in [6.07, 6.45) is 14.2. The van der Waals surface area contributed by atoms with Gasteiger partial charge in [-0.3, -0.25) is 19.2 Å². The van der Waals surface area contributed by atoms with Gasteiger partial charge in [0.1, 0.15) is 35.4 Å². The van der Waals surface area contributed by atoms with Crippen molar-refractivity contribution < 1.29 is 43.3 Å². The number of carboxylic acids is 1. The van der Waals surface area contributed by atoms with Crippen molar-refractivity contribution in [3.63, 3.8) is 0 Å². The van der Waals surface area contributed by atoms with Crippen LogP contribution in [0.2, 0.25) is 0 Å². The number of nitrogens with zero attached hydrogens (tertiary/aromatic N) is 7. The van der Waals surface area contributed by atoms with Gasteiger partial charge in [-0.2, -0.15) is 0 Å². The molecule has 0 aliphatic carbocycles. The van der Waals surface area contributed by atoms with Crippen molar-refractivity contribution in [1.29, 1.82) is 0 Å². The topological polar surface area (TPSA) is 302 Å². The van der Waals surface area contributed by atoms with Crippen LogP contribution in [0.1, 0.15) is 138 Å². The van der Waals surface area contributed by atoms with E-state index in [4.69, 9.17) is 34.5 Å². The van der Waals surface area contributed by atoms with Crippen LogP contribution in [0.3, 0.4) is 0 Å². The molecule has 12 aromatic rings. The zero-order valence-corrected chi connectivity index (χ0v) is 64.5. The Kier molecular flexibility index (Phi) is 24.1. The minimum atomic E-state index is -0.786. The summed E-state index contributed by atoms with van der Waals surface area (Å²) in [6, 6.07) is 60.1. The van der Waals surface area contributed by atoms with Gasteiger partial charge < -0.3 is 65.2 Å². The number of aromatic amines is 4. The fourth-order valence-corrected chi connectivity index (χ4v) is 16.1. The smallest absolute Gasteiger partial charge is 0.407 e. The molecule has 4 saturated heterocycles. The number of methoxy groups -OCH3 is 2. The van der Waals surface area contributed by atoms with Gasteiger partial charge in [0, 0.05) is 30.8 Å². The SMILES string of the molecule is COC(=O)N[C@H](C(=O)N1CCC[C@H]1c1ncc(-c2ccc(-c3ccc(-c4cnc([C@@H]5CCCN5)[nH]4)c4ccccc34)cc2)[nH]1)C(C)C.COC(=O)N[C@H](C(=O)N1CCC[C@H]1c1ncc(-c2ccc(-c3ccc(-c4cnc([C@@H]5CCCN5C(=O)Cc5ccccc5)[nH]4)c4ccccc34)cc2)[nH]1)C(C)C.O=C(O)Cc1ccccc1. The lowest BCUT2D eigenvalue weighted by Crippen LogP contribution is -2.51. The number of carbonyl (C=O) groups is 6. The van der Waals surface area contributed by atoms with E-state index in [0.717, 1.165) is 165 Å². The molecule has 0 saturated carbocycles. The average Bonchev–Trinajstić information content (AvgIpc) is 1.76. The van der Waals surface area contributed by atoms with Gasteiger partial charge >= 0.3 is 18.2 Å². The van der Waals surface area contributed by atoms with Crippen LogP contribution >= 0.6 is 0 Å². The Labute approximate surface area is 656 Å². The molecule has 4 aliphatic heterocycles. The number of amides is 5. The number of ether oxygens (including phenoxy) is 2. The molecular weight excluding hydrogens is 1420 g/mol. The first kappa shape index (κ1) is 77.2. The van der Waals surface area contributed by atoms with Crippen molar-refractivity contribution in [3.05, 3.63) is 241 Å². The third-order valence-corrected chi connectivity index (χ3v) is 22.0. The first-order chi connectivity index (χ1) is 55.0. The highest BCUT2D eigenvalue weighted by Gasteiger charge is 2.40. The molecule has 113 heavy (non-hydrogen) atoms. The molecule has 8 N–H and O–H groups in total. The zero-order chi connectivity index (χ0) is 78.7. The second-order valence-electron chi connectivity index (χ2n) is 30.0. The van der Waals surface area contributed by atoms with Crippen LogP contribution in [0.4, 0.5) is 9.59 Å². The van der Waals surface area contributed by atoms with Gasteiger partial charge in [-0.15, -0.1) is 0 Å². The van der Waals surface area contributed by atoms with Crippen LogP contribution in [-0.2, 0) is 41.5 Å². The van der Waals surface area contributed by atoms with Crippen LogP contribution < -0.4 is 16.0 Å². The van der Waals surface area contributed by atoms with Gasteiger partial charge in [0.15, 0.2) is 0 Å². The Bertz CT molecular complexity index is 5320. The monoisotopic (exact) mass is 1520 g/mol. The number of carbonyl (C=O) groups excluding carboxylic acids is 5. The lowest BCUT2D eigenvalue weighted by Gasteiger charge is -2.30. The first-order valence-electron chi connectivity index (χ1n) is 39.1. The van der Waals surface area contributed by atoms with Gasteiger partial charge in [0.05, 0.1) is 98.8 Å². The van der Waals surface area contributed by atoms with E-state index < -0.39 is 30.2 Å². The van der Waals surface area contributed by atoms with Crippen molar-refractivity contribution in [1.82, 2.24) is 70.5 Å². The molecule has 8 aromatic carbocycles. The van der Waals surface area contributed by atoms with E-state index in [1.54, 1.807) is 12.1 Å². The molecule has 23 nitrogen and oxygen atoms in total. The summed E-state index contributed by atoms with van der Waals surface area (Å²) >= 11 is 0. The van der Waals surface area contributed by atoms with E-state index >= 15 is 0 Å². The number of carboxylic acid groups (broad SMARTS) is 1. The van der Waals surface area contributed by atoms with Crippen LogP contribution in [-0.4, -0.2) is 148 Å². The highest BCUT2D eigenvalue weighted by molar-refractivity contribution is 6.06.